The van der Waals surface area contributed by atoms with E-state index in [1.807, 2.05) is 30.3 Å². The highest BCUT2D eigenvalue weighted by atomic mass is 16.5. The number of nitrogens with one attached hydrogen (secondary N) is 1. The Kier molecular flexibility index (Phi) is 5.17. The van der Waals surface area contributed by atoms with E-state index in [9.17, 15) is 4.79 Å². The van der Waals surface area contributed by atoms with E-state index in [1.165, 1.54) is 4.57 Å². The molecule has 0 saturated heterocycles. The molecule has 0 atom stereocenters. The van der Waals surface area contributed by atoms with E-state index < -0.39 is 0 Å². The fraction of sp³-hybridized carbons (Fsp3) is 0.353. The van der Waals surface area contributed by atoms with Crippen LogP contribution in [0.15, 0.2) is 35.1 Å². The Bertz CT molecular complexity index is 888. The predicted octanol–water partition coefficient (Wildman–Crippen LogP) is 1.96. The SMILES string of the molecule is CCCCOc1nc(N)c2[nH]c(=O)n(CCOc3ccccc3)c2n1. The summed E-state index contributed by atoms with van der Waals surface area (Å²) < 4.78 is 12.6. The minimum absolute atomic E-state index is 0.176. The molecule has 3 aromatic rings. The van der Waals surface area contributed by atoms with E-state index in [1.54, 1.807) is 0 Å². The third-order valence-electron chi connectivity index (χ3n) is 3.69. The first-order chi connectivity index (χ1) is 12.2. The van der Waals surface area contributed by atoms with Gasteiger partial charge in [0.1, 0.15) is 17.9 Å². The Labute approximate surface area is 144 Å². The monoisotopic (exact) mass is 343 g/mol. The summed E-state index contributed by atoms with van der Waals surface area (Å²) in [6, 6.07) is 9.59. The molecule has 132 valence electrons. The maximum Gasteiger partial charge on any atom is 0.327 e. The molecule has 0 bridgehead atoms. The number of para-hydroxylation sites is 1. The maximum absolute atomic E-state index is 12.2. The number of aromatic nitrogens is 4. The highest BCUT2D eigenvalue weighted by molar-refractivity contribution is 5.81. The first-order valence-corrected chi connectivity index (χ1v) is 8.25. The molecule has 0 unspecified atom stereocenters. The van der Waals surface area contributed by atoms with E-state index in [0.29, 0.717) is 30.9 Å². The average molecular weight is 343 g/mol. The van der Waals surface area contributed by atoms with Gasteiger partial charge in [0.15, 0.2) is 11.5 Å². The number of nitrogen functional groups attached to an aromatic ring is 1. The van der Waals surface area contributed by atoms with Gasteiger partial charge >= 0.3 is 11.7 Å². The standard InChI is InChI=1S/C17H21N5O3/c1-2-3-10-25-16-20-14(18)13-15(21-16)22(17(23)19-13)9-11-24-12-7-5-4-6-8-12/h4-8H,2-3,9-11H2,1H3,(H,19,23)(H2,18,20,21). The van der Waals surface area contributed by atoms with Crippen LogP contribution in [0.5, 0.6) is 11.8 Å². The summed E-state index contributed by atoms with van der Waals surface area (Å²) in [5, 5.41) is 0. The highest BCUT2D eigenvalue weighted by Crippen LogP contribution is 2.18. The second-order valence-electron chi connectivity index (χ2n) is 5.54. The lowest BCUT2D eigenvalue weighted by atomic mass is 10.3. The summed E-state index contributed by atoms with van der Waals surface area (Å²) in [4.78, 5) is 23.3. The average Bonchev–Trinajstić information content (AvgIpc) is 2.93. The van der Waals surface area contributed by atoms with Gasteiger partial charge in [0.05, 0.1) is 13.2 Å². The largest absolute Gasteiger partial charge is 0.492 e. The molecule has 0 aliphatic heterocycles. The molecular formula is C17H21N5O3. The number of anilines is 1. The minimum Gasteiger partial charge on any atom is -0.492 e. The third-order valence-corrected chi connectivity index (χ3v) is 3.69. The molecule has 3 N–H and O–H groups in total. The molecule has 2 heterocycles. The van der Waals surface area contributed by atoms with Gasteiger partial charge in [-0.1, -0.05) is 31.5 Å². The molecule has 0 spiro atoms. The quantitative estimate of drug-likeness (QED) is 0.605. The molecule has 0 radical (unpaired) electrons. The molecule has 0 saturated carbocycles. The van der Waals surface area contributed by atoms with Crippen molar-refractivity contribution in [1.82, 2.24) is 19.5 Å². The van der Waals surface area contributed by atoms with E-state index in [4.69, 9.17) is 15.2 Å². The smallest absolute Gasteiger partial charge is 0.327 e. The summed E-state index contributed by atoms with van der Waals surface area (Å²) in [5.41, 5.74) is 6.44. The highest BCUT2D eigenvalue weighted by Gasteiger charge is 2.14. The van der Waals surface area contributed by atoms with Crippen molar-refractivity contribution in [3.05, 3.63) is 40.8 Å². The van der Waals surface area contributed by atoms with Gasteiger partial charge in [-0.25, -0.2) is 4.79 Å². The second kappa shape index (κ2) is 7.69. The molecule has 0 aliphatic carbocycles. The fourth-order valence-electron chi connectivity index (χ4n) is 2.38. The van der Waals surface area contributed by atoms with Gasteiger partial charge in [-0.2, -0.15) is 9.97 Å². The molecule has 25 heavy (non-hydrogen) atoms. The number of imidazole rings is 1. The summed E-state index contributed by atoms with van der Waals surface area (Å²) in [5.74, 6) is 0.935. The van der Waals surface area contributed by atoms with Crippen molar-refractivity contribution in [2.75, 3.05) is 18.9 Å². The number of nitrogens with zero attached hydrogens (tertiary/aromatic N) is 3. The van der Waals surface area contributed by atoms with Gasteiger partial charge in [0, 0.05) is 0 Å². The number of aromatic amines is 1. The van der Waals surface area contributed by atoms with Crippen LogP contribution in [0.2, 0.25) is 0 Å². The van der Waals surface area contributed by atoms with Crippen molar-refractivity contribution in [2.24, 2.45) is 0 Å². The van der Waals surface area contributed by atoms with Crippen molar-refractivity contribution >= 4 is 17.0 Å². The minimum atomic E-state index is -0.307. The van der Waals surface area contributed by atoms with E-state index in [0.717, 1.165) is 18.6 Å². The molecule has 8 nitrogen and oxygen atoms in total. The van der Waals surface area contributed by atoms with Crippen LogP contribution >= 0.6 is 0 Å². The summed E-state index contributed by atoms with van der Waals surface area (Å²) in [6.07, 6.45) is 1.90. The van der Waals surface area contributed by atoms with E-state index in [-0.39, 0.29) is 17.5 Å². The van der Waals surface area contributed by atoms with Crippen LogP contribution in [0.25, 0.3) is 11.2 Å². The van der Waals surface area contributed by atoms with Crippen LogP contribution in [0.4, 0.5) is 5.82 Å². The van der Waals surface area contributed by atoms with Crippen LogP contribution in [0, 0.1) is 0 Å². The number of hydrogen-bond donors (Lipinski definition) is 2. The van der Waals surface area contributed by atoms with Crippen LogP contribution < -0.4 is 20.9 Å². The van der Waals surface area contributed by atoms with E-state index >= 15 is 0 Å². The van der Waals surface area contributed by atoms with Crippen LogP contribution in [-0.2, 0) is 6.54 Å². The van der Waals surface area contributed by atoms with Crippen LogP contribution in [0.1, 0.15) is 19.8 Å². The predicted molar refractivity (Wildman–Crippen MR) is 94.9 cm³/mol. The molecule has 1 aromatic carbocycles. The van der Waals surface area contributed by atoms with Crippen LogP contribution in [-0.4, -0.2) is 32.7 Å². The number of H-pyrrole nitrogens is 1. The summed E-state index contributed by atoms with van der Waals surface area (Å²) in [7, 11) is 0. The number of unbranched alkanes of at least 4 members (excludes halogenated alkanes) is 1. The van der Waals surface area contributed by atoms with Gasteiger partial charge in [-0.15, -0.1) is 0 Å². The van der Waals surface area contributed by atoms with Gasteiger partial charge in [0.25, 0.3) is 0 Å². The Hall–Kier alpha value is -3.03. The zero-order chi connectivity index (χ0) is 17.6. The maximum atomic E-state index is 12.2. The number of rotatable bonds is 8. The summed E-state index contributed by atoms with van der Waals surface area (Å²) in [6.45, 7) is 3.23. The molecule has 0 fully saturated rings. The topological polar surface area (TPSA) is 108 Å². The Morgan fingerprint density at radius 1 is 1.16 bits per heavy atom. The number of nitrogens with two attached hydrogens (primary N) is 1. The van der Waals surface area contributed by atoms with Gasteiger partial charge in [0.2, 0.25) is 0 Å². The number of ether oxygens (including phenoxy) is 2. The lowest BCUT2D eigenvalue weighted by Crippen LogP contribution is -2.20. The van der Waals surface area contributed by atoms with Gasteiger partial charge in [-0.3, -0.25) is 4.57 Å². The van der Waals surface area contributed by atoms with Crippen molar-refractivity contribution in [2.45, 2.75) is 26.3 Å². The first kappa shape index (κ1) is 16.8. The summed E-state index contributed by atoms with van der Waals surface area (Å²) >= 11 is 0. The molecule has 2 aromatic heterocycles. The van der Waals surface area contributed by atoms with Crippen molar-refractivity contribution in [1.29, 1.82) is 0 Å². The molecule has 0 aliphatic rings. The normalized spacial score (nSPS) is 10.9. The second-order valence-corrected chi connectivity index (χ2v) is 5.54. The van der Waals surface area contributed by atoms with E-state index in [2.05, 4.69) is 21.9 Å². The third kappa shape index (κ3) is 3.90. The van der Waals surface area contributed by atoms with Crippen molar-refractivity contribution in [3.8, 4) is 11.8 Å². The fourth-order valence-corrected chi connectivity index (χ4v) is 2.38. The van der Waals surface area contributed by atoms with Gasteiger partial charge in [-0.05, 0) is 18.6 Å². The zero-order valence-corrected chi connectivity index (χ0v) is 14.1. The van der Waals surface area contributed by atoms with Crippen molar-refractivity contribution < 1.29 is 9.47 Å². The lowest BCUT2D eigenvalue weighted by Gasteiger charge is -2.08. The molecule has 0 amide bonds. The van der Waals surface area contributed by atoms with Crippen LogP contribution in [0.3, 0.4) is 0 Å². The Balaban J connectivity index is 1.79. The van der Waals surface area contributed by atoms with Gasteiger partial charge < -0.3 is 20.2 Å². The first-order valence-electron chi connectivity index (χ1n) is 8.25. The molecular weight excluding hydrogens is 322 g/mol. The zero-order valence-electron chi connectivity index (χ0n) is 14.1. The Morgan fingerprint density at radius 2 is 1.96 bits per heavy atom. The lowest BCUT2D eigenvalue weighted by molar-refractivity contribution is 0.285. The number of benzene rings is 1. The molecule has 3 rings (SSSR count). The number of hydrogen-bond acceptors (Lipinski definition) is 6. The van der Waals surface area contributed by atoms with Crippen molar-refractivity contribution in [3.63, 3.8) is 0 Å². The number of fused-ring (bicyclic) bond motifs is 1. The molecule has 8 heteroatoms. The Morgan fingerprint density at radius 3 is 2.72 bits per heavy atom.